The van der Waals surface area contributed by atoms with Gasteiger partial charge in [-0.05, 0) is 80.8 Å². The number of carbonyl (C=O) groups is 1. The second kappa shape index (κ2) is 16.6. The molecule has 0 aromatic heterocycles. The summed E-state index contributed by atoms with van der Waals surface area (Å²) >= 11 is 0. The van der Waals surface area contributed by atoms with Gasteiger partial charge in [-0.3, -0.25) is 4.79 Å². The van der Waals surface area contributed by atoms with E-state index in [1.54, 1.807) is 48.7 Å². The van der Waals surface area contributed by atoms with E-state index in [2.05, 4.69) is 5.18 Å². The van der Waals surface area contributed by atoms with Crippen LogP contribution in [0.1, 0.15) is 94.9 Å². The SMILES string of the molecule is CC[C@H]1OC(=O)[C@H](C)[C@@H](O[C@H]2C[C@](C)(OC)[C@]3(CO3)C(C)O2)[C@H](C)[C@@H](O[C@@H]2OC(C)C[C@@H](N(C)C)C2O)[C@](C)(O)C[C@@H](C)C(N=O)[C@H](C)[C@@H](O)[C@]1(C)O. The Hall–Kier alpha value is -1.37. The molecule has 0 amide bonds. The smallest absolute Gasteiger partial charge is 0.311 e. The van der Waals surface area contributed by atoms with Crippen molar-refractivity contribution >= 4 is 5.97 Å². The number of aliphatic hydroxyl groups excluding tert-OH is 2. The van der Waals surface area contributed by atoms with Gasteiger partial charge in [-0.1, -0.05) is 32.9 Å². The normalized spacial score (nSPS) is 51.8. The van der Waals surface area contributed by atoms with Crippen LogP contribution < -0.4 is 0 Å². The summed E-state index contributed by atoms with van der Waals surface area (Å²) in [5.41, 5.74) is -5.14. The van der Waals surface area contributed by atoms with Gasteiger partial charge in [0.2, 0.25) is 0 Å². The fraction of sp³-hybridized carbons (Fsp3) is 0.974. The minimum absolute atomic E-state index is 0.0472. The number of hydrogen-bond acceptors (Lipinski definition) is 15. The number of epoxide rings is 1. The zero-order chi connectivity index (χ0) is 40.0. The number of carbonyl (C=O) groups excluding carboxylic acids is 1. The van der Waals surface area contributed by atoms with Crippen molar-refractivity contribution in [1.29, 1.82) is 0 Å². The number of nitrogens with zero attached hydrogens (tertiary/aromatic N) is 2. The van der Waals surface area contributed by atoms with Gasteiger partial charge in [0.05, 0.1) is 54.7 Å². The monoisotopic (exact) mass is 760 g/mol. The van der Waals surface area contributed by atoms with E-state index >= 15 is 0 Å². The molecule has 15 nitrogen and oxygen atoms in total. The average Bonchev–Trinajstić information content (AvgIpc) is 3.90. The highest BCUT2D eigenvalue weighted by Gasteiger charge is 2.67. The summed E-state index contributed by atoms with van der Waals surface area (Å²) in [6.45, 7) is 17.6. The van der Waals surface area contributed by atoms with Gasteiger partial charge in [-0.2, -0.15) is 4.91 Å². The van der Waals surface area contributed by atoms with E-state index in [-0.39, 0.29) is 31.4 Å². The van der Waals surface area contributed by atoms with E-state index in [0.717, 1.165) is 0 Å². The highest BCUT2D eigenvalue weighted by Crippen LogP contribution is 2.51. The highest BCUT2D eigenvalue weighted by molar-refractivity contribution is 5.73. The molecular formula is C38H68N2O13. The summed E-state index contributed by atoms with van der Waals surface area (Å²) in [6.07, 6.45) is -7.84. The molecule has 4 N–H and O–H groups in total. The first-order valence-electron chi connectivity index (χ1n) is 19.3. The zero-order valence-corrected chi connectivity index (χ0v) is 34.1. The molecule has 308 valence electrons. The van der Waals surface area contributed by atoms with E-state index in [0.29, 0.717) is 13.0 Å². The van der Waals surface area contributed by atoms with Gasteiger partial charge >= 0.3 is 5.97 Å². The first-order valence-corrected chi connectivity index (χ1v) is 19.3. The lowest BCUT2D eigenvalue weighted by Crippen LogP contribution is -2.62. The quantitative estimate of drug-likeness (QED) is 0.160. The van der Waals surface area contributed by atoms with E-state index < -0.39 is 107 Å². The summed E-state index contributed by atoms with van der Waals surface area (Å²) in [5.74, 6) is -4.07. The molecule has 19 atom stereocenters. The van der Waals surface area contributed by atoms with Gasteiger partial charge < -0.3 is 58.5 Å². The minimum Gasteiger partial charge on any atom is -0.459 e. The van der Waals surface area contributed by atoms with E-state index in [4.69, 9.17) is 33.2 Å². The first-order chi connectivity index (χ1) is 24.5. The largest absolute Gasteiger partial charge is 0.459 e. The molecule has 4 saturated heterocycles. The molecule has 0 saturated carbocycles. The predicted molar refractivity (Wildman–Crippen MR) is 194 cm³/mol. The average molecular weight is 761 g/mol. The number of ether oxygens (including phenoxy) is 7. The molecule has 0 bridgehead atoms. The Labute approximate surface area is 315 Å². The predicted octanol–water partition coefficient (Wildman–Crippen LogP) is 2.76. The topological polar surface area (TPSA) is 199 Å². The number of methoxy groups -OCH3 is 1. The fourth-order valence-electron chi connectivity index (χ4n) is 9.46. The molecule has 15 heteroatoms. The second-order valence-electron chi connectivity index (χ2n) is 17.4. The molecule has 4 aliphatic heterocycles. The Kier molecular flexibility index (Phi) is 13.9. The fourth-order valence-corrected chi connectivity index (χ4v) is 9.46. The Morgan fingerprint density at radius 1 is 0.962 bits per heavy atom. The summed E-state index contributed by atoms with van der Waals surface area (Å²) in [4.78, 5) is 28.6. The summed E-state index contributed by atoms with van der Waals surface area (Å²) in [5, 5.41) is 50.7. The van der Waals surface area contributed by atoms with Crippen LogP contribution in [-0.2, 0) is 38.0 Å². The molecule has 0 aromatic carbocycles. The van der Waals surface area contributed by atoms with E-state index in [9.17, 15) is 30.1 Å². The molecule has 1 spiro atoms. The van der Waals surface area contributed by atoms with Crippen molar-refractivity contribution in [3.63, 3.8) is 0 Å². The van der Waals surface area contributed by atoms with Gasteiger partial charge in [0.1, 0.15) is 29.0 Å². The van der Waals surface area contributed by atoms with Gasteiger partial charge in [-0.15, -0.1) is 0 Å². The Balaban J connectivity index is 1.83. The van der Waals surface area contributed by atoms with Crippen LogP contribution in [0.25, 0.3) is 0 Å². The van der Waals surface area contributed by atoms with Crippen molar-refractivity contribution in [2.24, 2.45) is 28.8 Å². The highest BCUT2D eigenvalue weighted by atomic mass is 16.7. The number of nitroso groups, excluding NO2 is 1. The van der Waals surface area contributed by atoms with Crippen LogP contribution in [0.3, 0.4) is 0 Å². The van der Waals surface area contributed by atoms with Crippen LogP contribution in [0.4, 0.5) is 0 Å². The Morgan fingerprint density at radius 3 is 2.11 bits per heavy atom. The number of esters is 1. The van der Waals surface area contributed by atoms with Crippen molar-refractivity contribution in [1.82, 2.24) is 4.90 Å². The third kappa shape index (κ3) is 8.65. The third-order valence-electron chi connectivity index (χ3n) is 13.1. The standard InChI is InChI=1S/C38H68N2O13/c1-14-26-37(10,45)31(42)21(4)28(39-46)19(2)16-35(8,44)32(53-34-29(41)25(40(11)12)15-20(3)49-34)22(5)30(23(6)33(43)51-26)52-27-17-36(9,47-13)38(18-48-38)24(7)50-27/h19-32,34,41-42,44-45H,14-18H2,1-13H3/t19-,20?,21+,22+,23-,24?,25-,26-,27+,28?,29?,30+,31-,32-,34+,35-,36+,37-,38+/m1/s1. The lowest BCUT2D eigenvalue weighted by molar-refractivity contribution is -0.315. The molecule has 4 aliphatic rings. The molecule has 53 heavy (non-hydrogen) atoms. The van der Waals surface area contributed by atoms with Gasteiger partial charge in [0.25, 0.3) is 0 Å². The second-order valence-corrected chi connectivity index (χ2v) is 17.4. The van der Waals surface area contributed by atoms with Crippen molar-refractivity contribution in [2.45, 2.75) is 185 Å². The van der Waals surface area contributed by atoms with Crippen molar-refractivity contribution in [2.75, 3.05) is 27.8 Å². The maximum atomic E-state index is 14.2. The number of aliphatic hydroxyl groups is 4. The van der Waals surface area contributed by atoms with Crippen LogP contribution in [0.5, 0.6) is 0 Å². The molecule has 4 unspecified atom stereocenters. The van der Waals surface area contributed by atoms with Crippen LogP contribution in [0.15, 0.2) is 5.18 Å². The third-order valence-corrected chi connectivity index (χ3v) is 13.1. The van der Waals surface area contributed by atoms with Crippen LogP contribution in [0, 0.1) is 28.6 Å². The van der Waals surface area contributed by atoms with Crippen LogP contribution >= 0.6 is 0 Å². The molecule has 0 aliphatic carbocycles. The van der Waals surface area contributed by atoms with Gasteiger partial charge in [0, 0.05) is 31.4 Å². The van der Waals surface area contributed by atoms with Crippen LogP contribution in [0.2, 0.25) is 0 Å². The van der Waals surface area contributed by atoms with Crippen molar-refractivity contribution in [3.8, 4) is 0 Å². The van der Waals surface area contributed by atoms with Crippen molar-refractivity contribution in [3.05, 3.63) is 4.91 Å². The van der Waals surface area contributed by atoms with E-state index in [1.807, 2.05) is 39.8 Å². The number of cyclic esters (lactones) is 1. The van der Waals surface area contributed by atoms with Crippen molar-refractivity contribution < 1.29 is 58.4 Å². The van der Waals surface area contributed by atoms with Gasteiger partial charge in [0.15, 0.2) is 12.6 Å². The summed E-state index contributed by atoms with van der Waals surface area (Å²) in [6, 6.07) is -1.37. The van der Waals surface area contributed by atoms with Gasteiger partial charge in [-0.25, -0.2) is 0 Å². The Morgan fingerprint density at radius 2 is 1.58 bits per heavy atom. The lowest BCUT2D eigenvalue weighted by Gasteiger charge is -2.49. The molecular weight excluding hydrogens is 692 g/mol. The number of hydrogen-bond donors (Lipinski definition) is 4. The minimum atomic E-state index is -1.96. The maximum absolute atomic E-state index is 14.2. The van der Waals surface area contributed by atoms with E-state index in [1.165, 1.54) is 6.92 Å². The Bertz CT molecular complexity index is 1250. The number of likely N-dealkylation sites (N-methyl/N-ethyl adjacent to an activating group) is 1. The molecule has 4 heterocycles. The molecule has 4 rings (SSSR count). The maximum Gasteiger partial charge on any atom is 0.311 e. The zero-order valence-electron chi connectivity index (χ0n) is 34.1. The number of rotatable bonds is 8. The summed E-state index contributed by atoms with van der Waals surface area (Å²) < 4.78 is 43.9. The molecule has 0 radical (unpaired) electrons. The lowest BCUT2D eigenvalue weighted by atomic mass is 9.72. The molecule has 4 fully saturated rings. The first kappa shape index (κ1) is 44.3. The van der Waals surface area contributed by atoms with Crippen LogP contribution in [-0.4, -0.2) is 149 Å². The molecule has 0 aromatic rings. The summed E-state index contributed by atoms with van der Waals surface area (Å²) in [7, 11) is 5.33.